The lowest BCUT2D eigenvalue weighted by Gasteiger charge is -2.30. The first-order valence-electron chi connectivity index (χ1n) is 7.39. The maximum absolute atomic E-state index is 5.83. The van der Waals surface area contributed by atoms with Crippen LogP contribution in [0.1, 0.15) is 44.5 Å². The fourth-order valence-electron chi connectivity index (χ4n) is 2.45. The number of hydrogen-bond donors (Lipinski definition) is 2. The van der Waals surface area contributed by atoms with Crippen molar-refractivity contribution in [3.05, 3.63) is 16.8 Å². The van der Waals surface area contributed by atoms with E-state index in [0.29, 0.717) is 22.9 Å². The SMILES string of the molecule is Cc1nnc(NCCN(C(C)C)C(C)C)c(C(N)=S)c1C. The first-order chi connectivity index (χ1) is 9.75. The van der Waals surface area contributed by atoms with Crippen molar-refractivity contribution in [1.82, 2.24) is 15.1 Å². The Morgan fingerprint density at radius 1 is 1.19 bits per heavy atom. The zero-order valence-corrected chi connectivity index (χ0v) is 14.7. The van der Waals surface area contributed by atoms with Crippen LogP contribution in [0.3, 0.4) is 0 Å². The van der Waals surface area contributed by atoms with Gasteiger partial charge in [0.1, 0.15) is 4.99 Å². The molecule has 0 atom stereocenters. The Hall–Kier alpha value is -1.27. The molecule has 0 saturated carbocycles. The highest BCUT2D eigenvalue weighted by Gasteiger charge is 2.15. The van der Waals surface area contributed by atoms with Crippen LogP contribution in [-0.4, -0.2) is 45.3 Å². The van der Waals surface area contributed by atoms with Crippen molar-refractivity contribution in [2.45, 2.75) is 53.6 Å². The Balaban J connectivity index is 2.81. The number of thiocarbonyl (C=S) groups is 1. The molecule has 5 nitrogen and oxygen atoms in total. The van der Waals surface area contributed by atoms with Gasteiger partial charge in [-0.1, -0.05) is 12.2 Å². The Bertz CT molecular complexity index is 491. The lowest BCUT2D eigenvalue weighted by molar-refractivity contribution is 0.182. The summed E-state index contributed by atoms with van der Waals surface area (Å²) in [6, 6.07) is 1.01. The van der Waals surface area contributed by atoms with Crippen molar-refractivity contribution in [2.24, 2.45) is 5.73 Å². The quantitative estimate of drug-likeness (QED) is 0.753. The summed E-state index contributed by atoms with van der Waals surface area (Å²) in [6.45, 7) is 14.4. The van der Waals surface area contributed by atoms with Crippen LogP contribution in [0.2, 0.25) is 0 Å². The van der Waals surface area contributed by atoms with Crippen LogP contribution in [0, 0.1) is 13.8 Å². The van der Waals surface area contributed by atoms with Gasteiger partial charge in [-0.25, -0.2) is 0 Å². The van der Waals surface area contributed by atoms with E-state index in [2.05, 4.69) is 48.1 Å². The zero-order valence-electron chi connectivity index (χ0n) is 13.9. The molecular weight excluding hydrogens is 282 g/mol. The summed E-state index contributed by atoms with van der Waals surface area (Å²) in [4.78, 5) is 2.78. The molecule has 0 unspecified atom stereocenters. The summed E-state index contributed by atoms with van der Waals surface area (Å²) in [7, 11) is 0. The van der Waals surface area contributed by atoms with Gasteiger partial charge in [0.2, 0.25) is 0 Å². The third-order valence-corrected chi connectivity index (χ3v) is 3.89. The number of anilines is 1. The molecule has 1 heterocycles. The van der Waals surface area contributed by atoms with E-state index in [1.165, 1.54) is 0 Å². The Labute approximate surface area is 133 Å². The second-order valence-corrected chi connectivity index (χ2v) is 6.29. The van der Waals surface area contributed by atoms with E-state index in [-0.39, 0.29) is 0 Å². The van der Waals surface area contributed by atoms with Gasteiger partial charge in [-0.3, -0.25) is 4.90 Å². The van der Waals surface area contributed by atoms with E-state index in [4.69, 9.17) is 18.0 Å². The lowest BCUT2D eigenvalue weighted by Crippen LogP contribution is -2.40. The molecule has 0 amide bonds. The van der Waals surface area contributed by atoms with Crippen molar-refractivity contribution in [3.8, 4) is 0 Å². The van der Waals surface area contributed by atoms with Gasteiger partial charge in [0.05, 0.1) is 11.3 Å². The van der Waals surface area contributed by atoms with Crippen LogP contribution < -0.4 is 11.1 Å². The third-order valence-electron chi connectivity index (χ3n) is 3.69. The largest absolute Gasteiger partial charge is 0.389 e. The summed E-state index contributed by atoms with van der Waals surface area (Å²) in [5.74, 6) is 0.679. The molecule has 21 heavy (non-hydrogen) atoms. The first kappa shape index (κ1) is 17.8. The van der Waals surface area contributed by atoms with Gasteiger partial charge in [0, 0.05) is 25.2 Å². The number of aryl methyl sites for hydroxylation is 1. The molecule has 0 fully saturated rings. The topological polar surface area (TPSA) is 67.1 Å². The van der Waals surface area contributed by atoms with Gasteiger partial charge in [0.15, 0.2) is 5.82 Å². The maximum Gasteiger partial charge on any atom is 0.159 e. The first-order valence-corrected chi connectivity index (χ1v) is 7.79. The van der Waals surface area contributed by atoms with Crippen molar-refractivity contribution in [1.29, 1.82) is 0 Å². The molecule has 1 aromatic heterocycles. The minimum atomic E-state index is 0.359. The van der Waals surface area contributed by atoms with E-state index in [0.717, 1.165) is 29.9 Å². The van der Waals surface area contributed by atoms with Crippen LogP contribution in [0.25, 0.3) is 0 Å². The molecule has 0 aliphatic heterocycles. The van der Waals surface area contributed by atoms with Crippen LogP contribution in [0.5, 0.6) is 0 Å². The smallest absolute Gasteiger partial charge is 0.159 e. The van der Waals surface area contributed by atoms with E-state index in [1.54, 1.807) is 0 Å². The average Bonchev–Trinajstić information content (AvgIpc) is 2.37. The highest BCUT2D eigenvalue weighted by molar-refractivity contribution is 7.80. The highest BCUT2D eigenvalue weighted by Crippen LogP contribution is 2.18. The molecule has 0 aliphatic rings. The van der Waals surface area contributed by atoms with E-state index >= 15 is 0 Å². The van der Waals surface area contributed by atoms with Crippen molar-refractivity contribution < 1.29 is 0 Å². The molecule has 0 bridgehead atoms. The number of rotatable bonds is 7. The summed E-state index contributed by atoms with van der Waals surface area (Å²) < 4.78 is 0. The third kappa shape index (κ3) is 4.61. The predicted molar refractivity (Wildman–Crippen MR) is 92.9 cm³/mol. The monoisotopic (exact) mass is 309 g/mol. The van der Waals surface area contributed by atoms with Crippen LogP contribution >= 0.6 is 12.2 Å². The van der Waals surface area contributed by atoms with Crippen molar-refractivity contribution >= 4 is 23.0 Å². The Kier molecular flexibility index (Phi) is 6.48. The maximum atomic E-state index is 5.83. The lowest BCUT2D eigenvalue weighted by atomic mass is 10.1. The van der Waals surface area contributed by atoms with Gasteiger partial charge in [0.25, 0.3) is 0 Å². The zero-order chi connectivity index (χ0) is 16.2. The molecule has 1 aromatic rings. The number of aromatic nitrogens is 2. The standard InChI is InChI=1S/C15H27N5S/c1-9(2)20(10(3)4)8-7-17-15-13(14(16)21)11(5)12(6)18-19-15/h9-10H,7-8H2,1-6H3,(H2,16,21)(H,17,19). The fourth-order valence-corrected chi connectivity index (χ4v) is 2.70. The molecule has 0 spiro atoms. The molecule has 0 saturated heterocycles. The van der Waals surface area contributed by atoms with Gasteiger partial charge >= 0.3 is 0 Å². The van der Waals surface area contributed by atoms with Gasteiger partial charge in [-0.05, 0) is 47.1 Å². The van der Waals surface area contributed by atoms with E-state index in [9.17, 15) is 0 Å². The van der Waals surface area contributed by atoms with Crippen LogP contribution in [0.15, 0.2) is 0 Å². The number of nitrogens with one attached hydrogen (secondary N) is 1. The Morgan fingerprint density at radius 3 is 2.24 bits per heavy atom. The molecule has 3 N–H and O–H groups in total. The average molecular weight is 309 g/mol. The van der Waals surface area contributed by atoms with E-state index in [1.807, 2.05) is 13.8 Å². The molecule has 6 heteroatoms. The van der Waals surface area contributed by atoms with Crippen LogP contribution in [0.4, 0.5) is 5.82 Å². The van der Waals surface area contributed by atoms with Crippen molar-refractivity contribution in [2.75, 3.05) is 18.4 Å². The second kappa shape index (κ2) is 7.66. The van der Waals surface area contributed by atoms with Crippen LogP contribution in [-0.2, 0) is 0 Å². The molecule has 0 radical (unpaired) electrons. The highest BCUT2D eigenvalue weighted by atomic mass is 32.1. The Morgan fingerprint density at radius 2 is 1.76 bits per heavy atom. The van der Waals surface area contributed by atoms with Crippen molar-refractivity contribution in [3.63, 3.8) is 0 Å². The van der Waals surface area contributed by atoms with E-state index < -0.39 is 0 Å². The molecule has 0 aliphatic carbocycles. The minimum absolute atomic E-state index is 0.359. The van der Waals surface area contributed by atoms with Gasteiger partial charge < -0.3 is 11.1 Å². The second-order valence-electron chi connectivity index (χ2n) is 5.85. The fraction of sp³-hybridized carbons (Fsp3) is 0.667. The normalized spacial score (nSPS) is 11.5. The van der Waals surface area contributed by atoms with Gasteiger partial charge in [-0.2, -0.15) is 5.10 Å². The molecule has 118 valence electrons. The number of nitrogens with two attached hydrogens (primary N) is 1. The van der Waals surface area contributed by atoms with Gasteiger partial charge in [-0.15, -0.1) is 5.10 Å². The molecule has 0 aromatic carbocycles. The summed E-state index contributed by atoms with van der Waals surface area (Å²) in [6.07, 6.45) is 0. The summed E-state index contributed by atoms with van der Waals surface area (Å²) in [5, 5.41) is 11.7. The number of nitrogens with zero attached hydrogens (tertiary/aromatic N) is 3. The minimum Gasteiger partial charge on any atom is -0.389 e. The molecular formula is C15H27N5S. The number of hydrogen-bond acceptors (Lipinski definition) is 5. The predicted octanol–water partition coefficient (Wildman–Crippen LogP) is 2.26. The summed E-state index contributed by atoms with van der Waals surface area (Å²) in [5.41, 5.74) is 8.48. The summed E-state index contributed by atoms with van der Waals surface area (Å²) >= 11 is 5.14. The molecule has 1 rings (SSSR count).